The third-order valence-corrected chi connectivity index (χ3v) is 11.6. The van der Waals surface area contributed by atoms with Crippen molar-refractivity contribution in [1.82, 2.24) is 29.7 Å². The van der Waals surface area contributed by atoms with Crippen LogP contribution in [0.1, 0.15) is 59.8 Å². The predicted molar refractivity (Wildman–Crippen MR) is 209 cm³/mol. The number of fused-ring (bicyclic) bond motifs is 3. The summed E-state index contributed by atoms with van der Waals surface area (Å²) >= 11 is 0. The first-order valence-electron chi connectivity index (χ1n) is 19.1. The molecular formula is C43H40F2N8O4. The summed E-state index contributed by atoms with van der Waals surface area (Å²) in [6, 6.07) is 19.7. The number of benzene rings is 3. The molecule has 0 saturated carbocycles. The molecule has 57 heavy (non-hydrogen) atoms. The Balaban J connectivity index is 1.04. The highest BCUT2D eigenvalue weighted by atomic mass is 19.3. The summed E-state index contributed by atoms with van der Waals surface area (Å²) in [4.78, 5) is 35.8. The number of halogens is 2. The molecule has 0 spiro atoms. The van der Waals surface area contributed by atoms with Crippen molar-refractivity contribution in [1.29, 1.82) is 5.26 Å². The molecule has 0 amide bonds. The van der Waals surface area contributed by atoms with E-state index < -0.39 is 29.7 Å². The van der Waals surface area contributed by atoms with Gasteiger partial charge >= 0.3 is 5.97 Å². The van der Waals surface area contributed by atoms with Gasteiger partial charge in [0.2, 0.25) is 5.89 Å². The van der Waals surface area contributed by atoms with Gasteiger partial charge in [0, 0.05) is 56.7 Å². The molecule has 14 heteroatoms. The summed E-state index contributed by atoms with van der Waals surface area (Å²) in [5.74, 6) is -1.11. The van der Waals surface area contributed by atoms with E-state index in [1.807, 2.05) is 66.1 Å². The summed E-state index contributed by atoms with van der Waals surface area (Å²) in [5.41, 5.74) is 8.65. The van der Waals surface area contributed by atoms with Crippen LogP contribution < -0.4 is 4.90 Å². The lowest BCUT2D eigenvalue weighted by molar-refractivity contribution is -0.141. The first-order chi connectivity index (χ1) is 27.4. The third-order valence-electron chi connectivity index (χ3n) is 11.6. The van der Waals surface area contributed by atoms with Gasteiger partial charge in [-0.1, -0.05) is 24.3 Å². The van der Waals surface area contributed by atoms with Crippen molar-refractivity contribution in [3.05, 3.63) is 94.4 Å². The number of oxazole rings is 1. The lowest BCUT2D eigenvalue weighted by Gasteiger charge is -2.21. The van der Waals surface area contributed by atoms with Gasteiger partial charge in [-0.2, -0.15) is 5.26 Å². The molecule has 0 bridgehead atoms. The number of carbonyl (C=O) groups is 1. The van der Waals surface area contributed by atoms with Gasteiger partial charge in [-0.15, -0.1) is 0 Å². The number of pyridine rings is 1. The summed E-state index contributed by atoms with van der Waals surface area (Å²) in [5, 5.41) is 29.9. The van der Waals surface area contributed by atoms with E-state index >= 15 is 0 Å². The Bertz CT molecular complexity index is 2620. The van der Waals surface area contributed by atoms with Crippen molar-refractivity contribution in [3.63, 3.8) is 0 Å². The smallest absolute Gasteiger partial charge is 0.307 e. The number of rotatable bonds is 9. The fourth-order valence-corrected chi connectivity index (χ4v) is 8.75. The maximum Gasteiger partial charge on any atom is 0.307 e. The first kappa shape index (κ1) is 36.7. The quantitative estimate of drug-likeness (QED) is 0.153. The lowest BCUT2D eigenvalue weighted by Crippen LogP contribution is -2.29. The number of aromatic nitrogens is 4. The fourth-order valence-electron chi connectivity index (χ4n) is 8.75. The van der Waals surface area contributed by atoms with Gasteiger partial charge in [-0.05, 0) is 103 Å². The third kappa shape index (κ3) is 6.85. The summed E-state index contributed by atoms with van der Waals surface area (Å²) in [6.45, 7) is 7.76. The van der Waals surface area contributed by atoms with Gasteiger partial charge in [0.1, 0.15) is 17.1 Å². The number of aliphatic hydroxyl groups is 1. The van der Waals surface area contributed by atoms with Crippen molar-refractivity contribution in [3.8, 4) is 28.7 Å². The van der Waals surface area contributed by atoms with Crippen LogP contribution in [0, 0.1) is 24.2 Å². The van der Waals surface area contributed by atoms with Crippen molar-refractivity contribution in [2.75, 3.05) is 37.6 Å². The molecule has 2 N–H and O–H groups in total. The molecule has 0 unspecified atom stereocenters. The maximum atomic E-state index is 14.3. The standard InChI is InChI=1S/C43H40F2N8O4/c1-24-29(5-3-6-30(24)41-49-34-16-25(15-28(18-46)37(34)57-41)20-52-14-11-43(2,56)23-52)31-7-4-8-35-32(31)10-13-53(35)40-36-33(48-39(50-40)38(44)45)17-26(19-47-36)21-51-12-9-27(22-51)42(54)55/h3-8,15-17,19,27,38,56H,9-14,20-23H2,1-2H3,(H,54,55)/t27-,43-/m1/s1. The topological polar surface area (TPSA) is 156 Å². The minimum absolute atomic E-state index is 0.309. The Morgan fingerprint density at radius 3 is 2.53 bits per heavy atom. The second-order valence-corrected chi connectivity index (χ2v) is 15.7. The number of carboxylic acids is 1. The van der Waals surface area contributed by atoms with E-state index in [9.17, 15) is 29.1 Å². The van der Waals surface area contributed by atoms with Gasteiger partial charge in [0.25, 0.3) is 6.43 Å². The first-order valence-corrected chi connectivity index (χ1v) is 19.1. The van der Waals surface area contributed by atoms with Gasteiger partial charge in [-0.25, -0.2) is 23.7 Å². The fraction of sp³-hybridized carbons (Fsp3) is 0.349. The number of hydrogen-bond donors (Lipinski definition) is 2. The molecule has 2 fully saturated rings. The number of anilines is 2. The second-order valence-electron chi connectivity index (χ2n) is 15.7. The van der Waals surface area contributed by atoms with Crippen molar-refractivity contribution in [2.24, 2.45) is 5.92 Å². The van der Waals surface area contributed by atoms with Gasteiger partial charge < -0.3 is 19.5 Å². The summed E-state index contributed by atoms with van der Waals surface area (Å²) < 4.78 is 34.9. The zero-order valence-electron chi connectivity index (χ0n) is 31.5. The molecule has 0 aliphatic carbocycles. The van der Waals surface area contributed by atoms with E-state index in [1.54, 1.807) is 12.3 Å². The van der Waals surface area contributed by atoms with Crippen LogP contribution in [-0.2, 0) is 24.3 Å². The Labute approximate surface area is 327 Å². The monoisotopic (exact) mass is 770 g/mol. The number of hydrogen-bond acceptors (Lipinski definition) is 11. The largest absolute Gasteiger partial charge is 0.481 e. The molecule has 0 radical (unpaired) electrons. The number of β-amino-alcohol motifs (C(OH)–C–C–N with tert-alkyl or cyclic N) is 1. The molecule has 6 heterocycles. The predicted octanol–water partition coefficient (Wildman–Crippen LogP) is 7.18. The molecule has 3 aromatic carbocycles. The van der Waals surface area contributed by atoms with E-state index in [0.29, 0.717) is 97.9 Å². The average molecular weight is 771 g/mol. The number of nitriles is 1. The average Bonchev–Trinajstić information content (AvgIpc) is 4.00. The summed E-state index contributed by atoms with van der Waals surface area (Å²) in [7, 11) is 0. The minimum Gasteiger partial charge on any atom is -0.481 e. The molecule has 2 atom stereocenters. The van der Waals surface area contributed by atoms with Gasteiger partial charge in [0.15, 0.2) is 17.2 Å². The van der Waals surface area contributed by atoms with Crippen LogP contribution in [-0.4, -0.2) is 84.2 Å². The SMILES string of the molecule is Cc1c(-c2nc3cc(CN4CC[C@@](C)(O)C4)cc(C#N)c3o2)cccc1-c1cccc2c1CCN2c1nc(C(F)F)nc2cc(CN3CC[C@@H](C(=O)O)C3)cnc12. The van der Waals surface area contributed by atoms with E-state index in [2.05, 4.69) is 27.0 Å². The van der Waals surface area contributed by atoms with Gasteiger partial charge in [0.05, 0.1) is 22.6 Å². The second kappa shape index (κ2) is 14.3. The zero-order valence-corrected chi connectivity index (χ0v) is 31.5. The maximum absolute atomic E-state index is 14.3. The normalized spacial score (nSPS) is 19.9. The highest BCUT2D eigenvalue weighted by Gasteiger charge is 2.33. The Hall–Kier alpha value is -5.88. The molecule has 290 valence electrons. The van der Waals surface area contributed by atoms with Crippen molar-refractivity contribution in [2.45, 2.75) is 58.2 Å². The number of nitrogens with zero attached hydrogens (tertiary/aromatic N) is 8. The molecule has 3 aliphatic rings. The summed E-state index contributed by atoms with van der Waals surface area (Å²) in [6.07, 6.45) is 0.688. The van der Waals surface area contributed by atoms with Crippen LogP contribution in [0.25, 0.3) is 44.7 Å². The molecule has 9 rings (SSSR count). The van der Waals surface area contributed by atoms with Crippen LogP contribution in [0.3, 0.4) is 0 Å². The van der Waals surface area contributed by atoms with Crippen LogP contribution >= 0.6 is 0 Å². The van der Waals surface area contributed by atoms with Crippen molar-refractivity contribution < 1.29 is 28.2 Å². The van der Waals surface area contributed by atoms with Crippen molar-refractivity contribution >= 4 is 39.6 Å². The number of aliphatic carboxylic acids is 1. The molecule has 6 aromatic rings. The lowest BCUT2D eigenvalue weighted by atomic mass is 9.92. The number of carboxylic acid groups (broad SMARTS) is 1. The highest BCUT2D eigenvalue weighted by Crippen LogP contribution is 2.43. The zero-order chi connectivity index (χ0) is 39.6. The van der Waals surface area contributed by atoms with E-state index in [4.69, 9.17) is 14.4 Å². The van der Waals surface area contributed by atoms with Crippen LogP contribution in [0.2, 0.25) is 0 Å². The number of likely N-dealkylation sites (tertiary alicyclic amines) is 2. The Morgan fingerprint density at radius 2 is 1.77 bits per heavy atom. The molecular weight excluding hydrogens is 731 g/mol. The molecule has 2 saturated heterocycles. The van der Waals surface area contributed by atoms with E-state index in [-0.39, 0.29) is 0 Å². The van der Waals surface area contributed by atoms with Crippen LogP contribution in [0.4, 0.5) is 20.3 Å². The minimum atomic E-state index is -2.89. The van der Waals surface area contributed by atoms with Crippen LogP contribution in [0.5, 0.6) is 0 Å². The molecule has 12 nitrogen and oxygen atoms in total. The molecule has 3 aliphatic heterocycles. The Morgan fingerprint density at radius 1 is 1.00 bits per heavy atom. The Kier molecular flexibility index (Phi) is 9.19. The van der Waals surface area contributed by atoms with E-state index in [0.717, 1.165) is 51.2 Å². The molecule has 3 aromatic heterocycles. The number of alkyl halides is 2. The van der Waals surface area contributed by atoms with Gasteiger partial charge in [-0.3, -0.25) is 19.6 Å². The van der Waals surface area contributed by atoms with E-state index in [1.165, 1.54) is 0 Å². The van der Waals surface area contributed by atoms with Crippen LogP contribution in [0.15, 0.2) is 65.2 Å². The highest BCUT2D eigenvalue weighted by molar-refractivity contribution is 5.92.